The second-order valence-electron chi connectivity index (χ2n) is 7.80. The highest BCUT2D eigenvalue weighted by molar-refractivity contribution is 7.21. The lowest BCUT2D eigenvalue weighted by molar-refractivity contribution is 0.102. The molecule has 2 aromatic carbocycles. The van der Waals surface area contributed by atoms with Gasteiger partial charge in [-0.05, 0) is 57.2 Å². The number of thiophene rings is 1. The molecule has 0 saturated carbocycles. The van der Waals surface area contributed by atoms with Crippen molar-refractivity contribution in [3.63, 3.8) is 0 Å². The van der Waals surface area contributed by atoms with Crippen LogP contribution in [-0.2, 0) is 0 Å². The van der Waals surface area contributed by atoms with Crippen LogP contribution in [0.25, 0.3) is 32.3 Å². The number of hydrogen-bond acceptors (Lipinski definition) is 8. The highest BCUT2D eigenvalue weighted by Gasteiger charge is 2.18. The van der Waals surface area contributed by atoms with Crippen molar-refractivity contribution in [1.82, 2.24) is 5.16 Å². The fourth-order valence-electron chi connectivity index (χ4n) is 3.77. The molecule has 1 amide bonds. The fraction of sp³-hybridized carbons (Fsp3) is 0.192. The van der Waals surface area contributed by atoms with Gasteiger partial charge in [0.05, 0.1) is 28.2 Å². The number of nitrogens with one attached hydrogen (secondary N) is 1. The zero-order valence-electron chi connectivity index (χ0n) is 19.3. The summed E-state index contributed by atoms with van der Waals surface area (Å²) in [6.45, 7) is 6.78. The van der Waals surface area contributed by atoms with Crippen LogP contribution in [0.15, 0.2) is 62.3 Å². The van der Waals surface area contributed by atoms with Gasteiger partial charge in [0, 0.05) is 17.0 Å². The Balaban J connectivity index is 1.42. The molecule has 3 aromatic heterocycles. The Morgan fingerprint density at radius 2 is 1.80 bits per heavy atom. The Morgan fingerprint density at radius 3 is 2.60 bits per heavy atom. The Bertz CT molecular complexity index is 1610. The largest absolute Gasteiger partial charge is 0.490 e. The molecule has 178 valence electrons. The molecular formula is C26H22N2O6S. The van der Waals surface area contributed by atoms with Crippen LogP contribution in [0.1, 0.15) is 29.1 Å². The summed E-state index contributed by atoms with van der Waals surface area (Å²) in [5.74, 6) is 1.02. The minimum absolute atomic E-state index is 0.182. The number of ether oxygens (including phenoxy) is 2. The summed E-state index contributed by atoms with van der Waals surface area (Å²) in [7, 11) is 0. The number of benzene rings is 2. The zero-order valence-corrected chi connectivity index (χ0v) is 20.2. The van der Waals surface area contributed by atoms with E-state index in [0.29, 0.717) is 51.0 Å². The number of fused-ring (bicyclic) bond motifs is 3. The summed E-state index contributed by atoms with van der Waals surface area (Å²) < 4.78 is 22.7. The normalized spacial score (nSPS) is 11.2. The lowest BCUT2D eigenvalue weighted by atomic mass is 10.1. The van der Waals surface area contributed by atoms with Gasteiger partial charge >= 0.3 is 5.63 Å². The van der Waals surface area contributed by atoms with Gasteiger partial charge in [-0.25, -0.2) is 4.79 Å². The van der Waals surface area contributed by atoms with Crippen molar-refractivity contribution in [3.05, 3.63) is 69.4 Å². The number of carbonyl (C=O) groups is 1. The molecule has 5 rings (SSSR count). The van der Waals surface area contributed by atoms with Crippen molar-refractivity contribution in [1.29, 1.82) is 0 Å². The number of anilines is 1. The molecule has 5 aromatic rings. The maximum atomic E-state index is 12.9. The molecule has 1 N–H and O–H groups in total. The first-order valence-corrected chi connectivity index (χ1v) is 11.9. The van der Waals surface area contributed by atoms with Gasteiger partial charge in [-0.1, -0.05) is 16.8 Å². The molecule has 0 radical (unpaired) electrons. The van der Waals surface area contributed by atoms with E-state index in [4.69, 9.17) is 18.4 Å². The Labute approximate surface area is 204 Å². The van der Waals surface area contributed by atoms with Gasteiger partial charge in [0.25, 0.3) is 5.91 Å². The third-order valence-electron chi connectivity index (χ3n) is 5.34. The first-order chi connectivity index (χ1) is 17.0. The van der Waals surface area contributed by atoms with E-state index in [2.05, 4.69) is 10.5 Å². The van der Waals surface area contributed by atoms with Crippen LogP contribution < -0.4 is 20.4 Å². The second kappa shape index (κ2) is 9.27. The van der Waals surface area contributed by atoms with Crippen LogP contribution in [0.2, 0.25) is 0 Å². The van der Waals surface area contributed by atoms with E-state index >= 15 is 0 Å². The van der Waals surface area contributed by atoms with Crippen molar-refractivity contribution >= 4 is 44.2 Å². The summed E-state index contributed by atoms with van der Waals surface area (Å²) >= 11 is 1.23. The maximum Gasteiger partial charge on any atom is 0.345 e. The molecule has 0 aliphatic carbocycles. The predicted octanol–water partition coefficient (Wildman–Crippen LogP) is 6.02. The molecule has 8 nitrogen and oxygen atoms in total. The molecule has 0 fully saturated rings. The quantitative estimate of drug-likeness (QED) is 0.278. The molecule has 0 atom stereocenters. The molecule has 3 heterocycles. The topological polar surface area (TPSA) is 104 Å². The smallest absolute Gasteiger partial charge is 0.345 e. The van der Waals surface area contributed by atoms with E-state index < -0.39 is 11.5 Å². The second-order valence-corrected chi connectivity index (χ2v) is 8.85. The van der Waals surface area contributed by atoms with Gasteiger partial charge in [-0.3, -0.25) is 10.1 Å². The van der Waals surface area contributed by atoms with E-state index in [1.54, 1.807) is 18.2 Å². The standard InChI is InChI=1S/C26H22N2O6S/c1-4-31-20-9-7-15(11-21(20)32-5-2)18-13-23(34-28-18)27-25(29)22-12-17-24(35-22)16-10-14(3)6-8-19(16)33-26(17)30/h6-13H,4-5H2,1-3H3,(H,27,29). The summed E-state index contributed by atoms with van der Waals surface area (Å²) in [5.41, 5.74) is 2.33. The highest BCUT2D eigenvalue weighted by atomic mass is 32.1. The first-order valence-electron chi connectivity index (χ1n) is 11.1. The first kappa shape index (κ1) is 22.7. The van der Waals surface area contributed by atoms with Gasteiger partial charge in [0.2, 0.25) is 5.88 Å². The zero-order chi connectivity index (χ0) is 24.5. The van der Waals surface area contributed by atoms with E-state index in [1.165, 1.54) is 11.3 Å². The van der Waals surface area contributed by atoms with Gasteiger partial charge in [0.1, 0.15) is 11.3 Å². The van der Waals surface area contributed by atoms with Crippen molar-refractivity contribution in [2.75, 3.05) is 18.5 Å². The molecule has 0 aliphatic rings. The van der Waals surface area contributed by atoms with Crippen LogP contribution in [0.4, 0.5) is 5.88 Å². The maximum absolute atomic E-state index is 12.9. The summed E-state index contributed by atoms with van der Waals surface area (Å²) in [6.07, 6.45) is 0. The van der Waals surface area contributed by atoms with E-state index in [1.807, 2.05) is 51.1 Å². The number of hydrogen-bond donors (Lipinski definition) is 1. The third kappa shape index (κ3) is 4.38. The number of aromatic nitrogens is 1. The van der Waals surface area contributed by atoms with Gasteiger partial charge in [0.15, 0.2) is 11.5 Å². The number of nitrogens with zero attached hydrogens (tertiary/aromatic N) is 1. The minimum Gasteiger partial charge on any atom is -0.490 e. The molecular weight excluding hydrogens is 468 g/mol. The van der Waals surface area contributed by atoms with Crippen molar-refractivity contribution < 1.29 is 23.2 Å². The minimum atomic E-state index is -0.478. The van der Waals surface area contributed by atoms with E-state index in [-0.39, 0.29) is 5.88 Å². The summed E-state index contributed by atoms with van der Waals surface area (Å²) in [5, 5.41) is 7.95. The summed E-state index contributed by atoms with van der Waals surface area (Å²) in [4.78, 5) is 25.7. The van der Waals surface area contributed by atoms with Gasteiger partial charge in [-0.2, -0.15) is 0 Å². The highest BCUT2D eigenvalue weighted by Crippen LogP contribution is 2.34. The van der Waals surface area contributed by atoms with Gasteiger partial charge < -0.3 is 18.4 Å². The Morgan fingerprint density at radius 1 is 1.00 bits per heavy atom. The fourth-order valence-corrected chi connectivity index (χ4v) is 4.84. The molecule has 9 heteroatoms. The molecule has 0 aliphatic heterocycles. The molecule has 0 bridgehead atoms. The van der Waals surface area contributed by atoms with Crippen LogP contribution in [0.3, 0.4) is 0 Å². The van der Waals surface area contributed by atoms with Crippen LogP contribution >= 0.6 is 11.3 Å². The molecule has 0 spiro atoms. The third-order valence-corrected chi connectivity index (χ3v) is 6.51. The van der Waals surface area contributed by atoms with E-state index in [0.717, 1.165) is 16.5 Å². The van der Waals surface area contributed by atoms with Gasteiger partial charge in [-0.15, -0.1) is 11.3 Å². The van der Waals surface area contributed by atoms with E-state index in [9.17, 15) is 9.59 Å². The van der Waals surface area contributed by atoms with Crippen LogP contribution in [-0.4, -0.2) is 24.3 Å². The number of rotatable bonds is 7. The average molecular weight is 491 g/mol. The number of carbonyl (C=O) groups excluding carboxylic acids is 1. The van der Waals surface area contributed by atoms with Crippen molar-refractivity contribution in [2.24, 2.45) is 0 Å². The number of aryl methyl sites for hydroxylation is 1. The Hall–Kier alpha value is -4.11. The molecule has 35 heavy (non-hydrogen) atoms. The van der Waals surface area contributed by atoms with Crippen LogP contribution in [0, 0.1) is 6.92 Å². The molecule has 0 saturated heterocycles. The lowest BCUT2D eigenvalue weighted by Crippen LogP contribution is -2.09. The van der Waals surface area contributed by atoms with Crippen molar-refractivity contribution in [3.8, 4) is 22.8 Å². The predicted molar refractivity (Wildman–Crippen MR) is 135 cm³/mol. The monoisotopic (exact) mass is 490 g/mol. The van der Waals surface area contributed by atoms with Crippen LogP contribution in [0.5, 0.6) is 11.5 Å². The summed E-state index contributed by atoms with van der Waals surface area (Å²) in [6, 6.07) is 14.2. The molecule has 0 unspecified atom stereocenters. The average Bonchev–Trinajstić information content (AvgIpc) is 3.49. The van der Waals surface area contributed by atoms with Crippen molar-refractivity contribution in [2.45, 2.75) is 20.8 Å². The Kier molecular flexibility index (Phi) is 6.00. The number of amides is 1. The lowest BCUT2D eigenvalue weighted by Gasteiger charge is -2.11. The SMILES string of the molecule is CCOc1ccc(-c2cc(NC(=O)c3cc4c(=O)oc5ccc(C)cc5c4s3)on2)cc1OCC.